The number of aryl methyl sites for hydroxylation is 1. The third kappa shape index (κ3) is 6.44. The van der Waals surface area contributed by atoms with Crippen molar-refractivity contribution in [3.8, 4) is 11.7 Å². The van der Waals surface area contributed by atoms with Crippen LogP contribution < -0.4 is 51.4 Å². The van der Waals surface area contributed by atoms with Crippen LogP contribution >= 0.6 is 0 Å². The zero-order valence-corrected chi connectivity index (χ0v) is 11.9. The maximum absolute atomic E-state index is 11.8. The molecule has 0 N–H and O–H groups in total. The molecule has 0 fully saturated rings. The fraction of sp³-hybridized carbons (Fsp3) is 0.200. The molecular weight excluding hydrogens is 227 g/mol. The predicted octanol–water partition coefficient (Wildman–Crippen LogP) is -0.00890. The minimum Gasteiger partial charge on any atom is -0.438 e. The van der Waals surface area contributed by atoms with Gasteiger partial charge >= 0.3 is 58.4 Å². The molecule has 0 heterocycles. The second-order valence-corrected chi connectivity index (χ2v) is 2.89. The molecular formula is C10H9BF3K. The average molecular weight is 236 g/mol. The molecule has 15 heavy (non-hydrogen) atoms. The number of benzene rings is 1. The van der Waals surface area contributed by atoms with Crippen molar-refractivity contribution in [2.45, 2.75) is 13.3 Å². The quantitative estimate of drug-likeness (QED) is 0.475. The van der Waals surface area contributed by atoms with E-state index in [2.05, 4.69) is 5.92 Å². The van der Waals surface area contributed by atoms with Crippen molar-refractivity contribution in [3.63, 3.8) is 0 Å². The Kier molecular flexibility index (Phi) is 6.89. The van der Waals surface area contributed by atoms with Gasteiger partial charge in [0.05, 0.1) is 0 Å². The molecule has 0 atom stereocenters. The van der Waals surface area contributed by atoms with Gasteiger partial charge in [0, 0.05) is 5.56 Å². The van der Waals surface area contributed by atoms with Crippen LogP contribution in [0.3, 0.4) is 0 Å². The first kappa shape index (κ1) is 15.3. The molecule has 5 heteroatoms. The summed E-state index contributed by atoms with van der Waals surface area (Å²) >= 11 is 0. The topological polar surface area (TPSA) is 0 Å². The zero-order chi connectivity index (χ0) is 10.6. The number of halogens is 3. The minimum atomic E-state index is -5.00. The molecule has 0 unspecified atom stereocenters. The maximum atomic E-state index is 11.8. The summed E-state index contributed by atoms with van der Waals surface area (Å²) in [4.78, 5) is 0. The van der Waals surface area contributed by atoms with E-state index in [0.717, 1.165) is 12.0 Å². The van der Waals surface area contributed by atoms with Crippen LogP contribution in [-0.4, -0.2) is 6.98 Å². The van der Waals surface area contributed by atoms with Crippen LogP contribution in [0.2, 0.25) is 0 Å². The van der Waals surface area contributed by atoms with Gasteiger partial charge in [-0.2, -0.15) is 5.82 Å². The Morgan fingerprint density at radius 2 is 1.67 bits per heavy atom. The first-order valence-electron chi connectivity index (χ1n) is 4.33. The van der Waals surface area contributed by atoms with E-state index in [9.17, 15) is 12.9 Å². The van der Waals surface area contributed by atoms with Gasteiger partial charge in [-0.1, -0.05) is 19.1 Å². The van der Waals surface area contributed by atoms with E-state index in [-0.39, 0.29) is 51.4 Å². The standard InChI is InChI=1S/C10H9BF3.K/c1-2-9-3-5-10(6-4-9)7-8-11(12,13)14;/h3-6H,2H2,1H3;/q-1;+1. The first-order valence-corrected chi connectivity index (χ1v) is 4.33. The molecule has 0 amide bonds. The molecule has 0 saturated heterocycles. The second-order valence-electron chi connectivity index (χ2n) is 2.89. The van der Waals surface area contributed by atoms with Gasteiger partial charge in [0.25, 0.3) is 0 Å². The van der Waals surface area contributed by atoms with E-state index < -0.39 is 6.98 Å². The number of rotatable bonds is 1. The number of hydrogen-bond acceptors (Lipinski definition) is 0. The van der Waals surface area contributed by atoms with Gasteiger partial charge in [-0.25, -0.2) is 0 Å². The largest absolute Gasteiger partial charge is 1.00 e. The Balaban J connectivity index is 0.00000196. The van der Waals surface area contributed by atoms with Crippen LogP contribution in [0.4, 0.5) is 12.9 Å². The van der Waals surface area contributed by atoms with E-state index in [1.807, 2.05) is 6.92 Å². The molecule has 0 aliphatic rings. The monoisotopic (exact) mass is 236 g/mol. The summed E-state index contributed by atoms with van der Waals surface area (Å²) in [6.07, 6.45) is 0.872. The van der Waals surface area contributed by atoms with Crippen LogP contribution in [-0.2, 0) is 6.42 Å². The summed E-state index contributed by atoms with van der Waals surface area (Å²) in [5.74, 6) is 3.38. The molecule has 1 aromatic rings. The molecule has 0 spiro atoms. The molecule has 0 saturated carbocycles. The van der Waals surface area contributed by atoms with Gasteiger partial charge in [0.2, 0.25) is 0 Å². The van der Waals surface area contributed by atoms with Gasteiger partial charge < -0.3 is 12.9 Å². The van der Waals surface area contributed by atoms with Crippen LogP contribution in [0.25, 0.3) is 0 Å². The molecule has 0 radical (unpaired) electrons. The van der Waals surface area contributed by atoms with Gasteiger partial charge in [-0.05, 0) is 24.1 Å². The van der Waals surface area contributed by atoms with E-state index in [1.165, 1.54) is 5.82 Å². The third-order valence-electron chi connectivity index (χ3n) is 1.74. The Hall–Kier alpha value is 0.271. The fourth-order valence-corrected chi connectivity index (χ4v) is 0.989. The second kappa shape index (κ2) is 6.77. The Labute approximate surface area is 130 Å². The maximum Gasteiger partial charge on any atom is 1.00 e. The van der Waals surface area contributed by atoms with E-state index in [0.29, 0.717) is 5.56 Å². The summed E-state index contributed by atoms with van der Waals surface area (Å²) < 4.78 is 35.3. The van der Waals surface area contributed by atoms with Gasteiger partial charge in [0.1, 0.15) is 0 Å². The van der Waals surface area contributed by atoms with Crippen molar-refractivity contribution >= 4 is 6.98 Å². The zero-order valence-electron chi connectivity index (χ0n) is 8.73. The van der Waals surface area contributed by atoms with Gasteiger partial charge in [-0.15, -0.1) is 5.92 Å². The van der Waals surface area contributed by atoms with Crippen molar-refractivity contribution < 1.29 is 64.3 Å². The summed E-state index contributed by atoms with van der Waals surface area (Å²) in [5, 5.41) is 0. The minimum absolute atomic E-state index is 0. The van der Waals surface area contributed by atoms with Crippen LogP contribution in [0.1, 0.15) is 18.1 Å². The van der Waals surface area contributed by atoms with Crippen molar-refractivity contribution in [1.82, 2.24) is 0 Å². The normalized spacial score (nSPS) is 9.87. The molecule has 74 valence electrons. The van der Waals surface area contributed by atoms with Crippen LogP contribution in [0, 0.1) is 11.7 Å². The van der Waals surface area contributed by atoms with Crippen molar-refractivity contribution in [3.05, 3.63) is 35.4 Å². The SMILES string of the molecule is CCc1ccc(C#C[B-](F)(F)F)cc1.[K+]. The summed E-state index contributed by atoms with van der Waals surface area (Å²) in [5.41, 5.74) is 1.49. The van der Waals surface area contributed by atoms with Gasteiger partial charge in [0.15, 0.2) is 0 Å². The third-order valence-corrected chi connectivity index (χ3v) is 1.74. The van der Waals surface area contributed by atoms with Crippen molar-refractivity contribution in [2.24, 2.45) is 0 Å². The molecule has 0 aromatic heterocycles. The summed E-state index contributed by atoms with van der Waals surface area (Å²) in [7, 11) is 0. The molecule has 0 nitrogen and oxygen atoms in total. The van der Waals surface area contributed by atoms with Crippen LogP contribution in [0.15, 0.2) is 24.3 Å². The number of hydrogen-bond donors (Lipinski definition) is 0. The molecule has 0 bridgehead atoms. The van der Waals surface area contributed by atoms with Gasteiger partial charge in [-0.3, -0.25) is 0 Å². The van der Waals surface area contributed by atoms with Crippen LogP contribution in [0.5, 0.6) is 0 Å². The molecule has 1 aromatic carbocycles. The first-order chi connectivity index (χ1) is 6.51. The molecule has 0 aliphatic heterocycles. The predicted molar refractivity (Wildman–Crippen MR) is 51.8 cm³/mol. The molecule has 0 aliphatic carbocycles. The summed E-state index contributed by atoms with van der Waals surface area (Å²) in [6.45, 7) is -3.02. The fourth-order valence-electron chi connectivity index (χ4n) is 0.989. The molecule has 1 rings (SSSR count). The van der Waals surface area contributed by atoms with Crippen molar-refractivity contribution in [2.75, 3.05) is 0 Å². The summed E-state index contributed by atoms with van der Waals surface area (Å²) in [6, 6.07) is 6.78. The average Bonchev–Trinajstić information content (AvgIpc) is 2.14. The van der Waals surface area contributed by atoms with E-state index >= 15 is 0 Å². The Morgan fingerprint density at radius 3 is 2.07 bits per heavy atom. The smallest absolute Gasteiger partial charge is 0.438 e. The van der Waals surface area contributed by atoms with E-state index in [1.54, 1.807) is 24.3 Å². The van der Waals surface area contributed by atoms with Crippen molar-refractivity contribution in [1.29, 1.82) is 0 Å². The Bertz CT molecular complexity index is 359. The van der Waals surface area contributed by atoms with E-state index in [4.69, 9.17) is 0 Å². The Morgan fingerprint density at radius 1 is 1.13 bits per heavy atom.